The average Bonchev–Trinajstić information content (AvgIpc) is 2.62. The van der Waals surface area contributed by atoms with Crippen molar-refractivity contribution in [2.45, 2.75) is 32.7 Å². The number of carbonyl (C=O) groups excluding carboxylic acids is 3. The maximum atomic E-state index is 12.2. The summed E-state index contributed by atoms with van der Waals surface area (Å²) in [7, 11) is 2.96. The number of aromatic nitrogens is 2. The zero-order valence-electron chi connectivity index (χ0n) is 17.3. The van der Waals surface area contributed by atoms with E-state index in [4.69, 9.17) is 4.74 Å². The molecule has 0 saturated heterocycles. The molecular formula is C20H26N4O5. The van der Waals surface area contributed by atoms with Crippen LogP contribution in [0, 0.1) is 0 Å². The number of amides is 2. The molecule has 0 atom stereocenters. The highest BCUT2D eigenvalue weighted by Gasteiger charge is 2.19. The highest BCUT2D eigenvalue weighted by atomic mass is 16.5. The Kier molecular flexibility index (Phi) is 6.73. The van der Waals surface area contributed by atoms with Gasteiger partial charge < -0.3 is 15.0 Å². The Bertz CT molecular complexity index is 991. The second kappa shape index (κ2) is 8.85. The molecular weight excluding hydrogens is 376 g/mol. The number of likely N-dealkylation sites (N-methyl/N-ethyl adjacent to an activating group) is 1. The highest BCUT2D eigenvalue weighted by Crippen LogP contribution is 2.13. The standard InChI is InChI=1S/C20H26N4O5/c1-20(2,3)21-16(25)11-23(4)17(26)12-29-18(27)10-15-13-8-6-7-9-14(13)19(28)24(5)22-15/h6-9H,10-12H2,1-5H3,(H,21,25). The van der Waals surface area contributed by atoms with Gasteiger partial charge in [0.25, 0.3) is 11.5 Å². The number of nitrogens with one attached hydrogen (secondary N) is 1. The normalized spacial score (nSPS) is 11.2. The summed E-state index contributed by atoms with van der Waals surface area (Å²) in [4.78, 5) is 49.5. The Balaban J connectivity index is 1.96. The van der Waals surface area contributed by atoms with Gasteiger partial charge in [-0.25, -0.2) is 4.68 Å². The first-order valence-electron chi connectivity index (χ1n) is 9.13. The molecule has 0 unspecified atom stereocenters. The first-order valence-corrected chi connectivity index (χ1v) is 9.13. The minimum Gasteiger partial charge on any atom is -0.455 e. The molecule has 2 aromatic rings. The molecule has 0 aliphatic heterocycles. The Hall–Kier alpha value is -3.23. The summed E-state index contributed by atoms with van der Waals surface area (Å²) in [6.07, 6.45) is -0.184. The quantitative estimate of drug-likeness (QED) is 0.700. The third kappa shape index (κ3) is 6.13. The SMILES string of the molecule is CN(CC(=O)NC(C)(C)C)C(=O)COC(=O)Cc1nn(C)c(=O)c2ccccc12. The van der Waals surface area contributed by atoms with Crippen molar-refractivity contribution in [1.29, 1.82) is 0 Å². The van der Waals surface area contributed by atoms with Crippen molar-refractivity contribution < 1.29 is 19.1 Å². The van der Waals surface area contributed by atoms with Crippen LogP contribution in [0.25, 0.3) is 10.8 Å². The van der Waals surface area contributed by atoms with Crippen LogP contribution in [-0.2, 0) is 32.6 Å². The maximum absolute atomic E-state index is 12.2. The number of aryl methyl sites for hydroxylation is 1. The molecule has 9 nitrogen and oxygen atoms in total. The second-order valence-corrected chi connectivity index (χ2v) is 7.81. The molecule has 1 heterocycles. The van der Waals surface area contributed by atoms with Crippen LogP contribution < -0.4 is 10.9 Å². The molecule has 0 fully saturated rings. The maximum Gasteiger partial charge on any atom is 0.312 e. The van der Waals surface area contributed by atoms with Crippen LogP contribution in [0.2, 0.25) is 0 Å². The van der Waals surface area contributed by atoms with Crippen LogP contribution in [-0.4, -0.2) is 58.2 Å². The number of hydrogen-bond donors (Lipinski definition) is 1. The Morgan fingerprint density at radius 3 is 2.41 bits per heavy atom. The number of fused-ring (bicyclic) bond motifs is 1. The van der Waals surface area contributed by atoms with Gasteiger partial charge in [-0.3, -0.25) is 19.2 Å². The zero-order chi connectivity index (χ0) is 21.8. The number of hydrogen-bond acceptors (Lipinski definition) is 6. The smallest absolute Gasteiger partial charge is 0.312 e. The summed E-state index contributed by atoms with van der Waals surface area (Å²) in [6, 6.07) is 6.85. The summed E-state index contributed by atoms with van der Waals surface area (Å²) in [6.45, 7) is 4.89. The Morgan fingerprint density at radius 1 is 1.17 bits per heavy atom. The van der Waals surface area contributed by atoms with E-state index in [1.807, 2.05) is 20.8 Å². The van der Waals surface area contributed by atoms with Gasteiger partial charge in [0, 0.05) is 25.0 Å². The zero-order valence-corrected chi connectivity index (χ0v) is 17.3. The molecule has 2 rings (SSSR count). The summed E-state index contributed by atoms with van der Waals surface area (Å²) in [5, 5.41) is 7.90. The van der Waals surface area contributed by atoms with Crippen molar-refractivity contribution in [3.63, 3.8) is 0 Å². The monoisotopic (exact) mass is 402 g/mol. The van der Waals surface area contributed by atoms with E-state index in [1.165, 1.54) is 19.0 Å². The topological polar surface area (TPSA) is 111 Å². The lowest BCUT2D eigenvalue weighted by molar-refractivity contribution is -0.151. The van der Waals surface area contributed by atoms with Gasteiger partial charge in [-0.1, -0.05) is 18.2 Å². The summed E-state index contributed by atoms with van der Waals surface area (Å²) in [5.74, 6) is -1.46. The van der Waals surface area contributed by atoms with E-state index in [-0.39, 0.29) is 24.4 Å². The molecule has 1 N–H and O–H groups in total. The first-order chi connectivity index (χ1) is 13.5. The largest absolute Gasteiger partial charge is 0.455 e. The molecule has 0 saturated carbocycles. The number of carbonyl (C=O) groups is 3. The van der Waals surface area contributed by atoms with Gasteiger partial charge in [-0.2, -0.15) is 5.10 Å². The van der Waals surface area contributed by atoms with Crippen molar-refractivity contribution in [2.75, 3.05) is 20.2 Å². The fourth-order valence-corrected chi connectivity index (χ4v) is 2.71. The highest BCUT2D eigenvalue weighted by molar-refractivity contribution is 5.88. The van der Waals surface area contributed by atoms with E-state index in [9.17, 15) is 19.2 Å². The van der Waals surface area contributed by atoms with Crippen LogP contribution in [0.1, 0.15) is 26.5 Å². The van der Waals surface area contributed by atoms with E-state index >= 15 is 0 Å². The van der Waals surface area contributed by atoms with Gasteiger partial charge in [-0.05, 0) is 26.8 Å². The van der Waals surface area contributed by atoms with Gasteiger partial charge >= 0.3 is 5.97 Å². The van der Waals surface area contributed by atoms with E-state index < -0.39 is 24.0 Å². The molecule has 0 aliphatic rings. The van der Waals surface area contributed by atoms with Gasteiger partial charge in [-0.15, -0.1) is 0 Å². The molecule has 9 heteroatoms. The van der Waals surface area contributed by atoms with Crippen LogP contribution in [0.15, 0.2) is 29.1 Å². The van der Waals surface area contributed by atoms with Crippen LogP contribution in [0.5, 0.6) is 0 Å². The number of ether oxygens (including phenoxy) is 1. The summed E-state index contributed by atoms with van der Waals surface area (Å²) in [5.41, 5.74) is -0.278. The second-order valence-electron chi connectivity index (χ2n) is 7.81. The Morgan fingerprint density at radius 2 is 1.79 bits per heavy atom. The molecule has 0 bridgehead atoms. The molecule has 156 valence electrons. The lowest BCUT2D eigenvalue weighted by atomic mass is 10.1. The van der Waals surface area contributed by atoms with Crippen molar-refractivity contribution in [3.8, 4) is 0 Å². The van der Waals surface area contributed by atoms with Crippen molar-refractivity contribution in [2.24, 2.45) is 7.05 Å². The average molecular weight is 402 g/mol. The summed E-state index contributed by atoms with van der Waals surface area (Å²) >= 11 is 0. The fourth-order valence-electron chi connectivity index (χ4n) is 2.71. The third-order valence-electron chi connectivity index (χ3n) is 4.02. The summed E-state index contributed by atoms with van der Waals surface area (Å²) < 4.78 is 6.21. The van der Waals surface area contributed by atoms with Crippen molar-refractivity contribution in [1.82, 2.24) is 20.0 Å². The molecule has 29 heavy (non-hydrogen) atoms. The number of esters is 1. The molecule has 0 aliphatic carbocycles. The molecule has 0 spiro atoms. The van der Waals surface area contributed by atoms with E-state index in [0.717, 1.165) is 4.68 Å². The molecule has 2 amide bonds. The predicted octanol–water partition coefficient (Wildman–Crippen LogP) is 0.392. The number of nitrogens with zero attached hydrogens (tertiary/aromatic N) is 3. The van der Waals surface area contributed by atoms with Crippen LogP contribution >= 0.6 is 0 Å². The van der Waals surface area contributed by atoms with Gasteiger partial charge in [0.05, 0.1) is 24.0 Å². The molecule has 1 aromatic carbocycles. The van der Waals surface area contributed by atoms with E-state index in [2.05, 4.69) is 10.4 Å². The lowest BCUT2D eigenvalue weighted by Gasteiger charge is -2.23. The van der Waals surface area contributed by atoms with Gasteiger partial charge in [0.15, 0.2) is 6.61 Å². The van der Waals surface area contributed by atoms with E-state index in [0.29, 0.717) is 16.5 Å². The van der Waals surface area contributed by atoms with Crippen molar-refractivity contribution in [3.05, 3.63) is 40.3 Å². The minimum absolute atomic E-state index is 0.138. The minimum atomic E-state index is -0.651. The molecule has 1 aromatic heterocycles. The first kappa shape index (κ1) is 22.1. The number of benzene rings is 1. The van der Waals surface area contributed by atoms with E-state index in [1.54, 1.807) is 24.3 Å². The predicted molar refractivity (Wildman–Crippen MR) is 107 cm³/mol. The Labute approximate surface area is 168 Å². The lowest BCUT2D eigenvalue weighted by Crippen LogP contribution is -2.46. The van der Waals surface area contributed by atoms with Gasteiger partial charge in [0.2, 0.25) is 5.91 Å². The van der Waals surface area contributed by atoms with Gasteiger partial charge in [0.1, 0.15) is 0 Å². The van der Waals surface area contributed by atoms with Crippen LogP contribution in [0.3, 0.4) is 0 Å². The number of rotatable bonds is 6. The third-order valence-corrected chi connectivity index (χ3v) is 4.02. The fraction of sp³-hybridized carbons (Fsp3) is 0.450. The van der Waals surface area contributed by atoms with Crippen molar-refractivity contribution >= 4 is 28.6 Å². The molecule has 0 radical (unpaired) electrons. The van der Waals surface area contributed by atoms with Crippen LogP contribution in [0.4, 0.5) is 0 Å².